The highest BCUT2D eigenvalue weighted by Crippen LogP contribution is 2.45. The van der Waals surface area contributed by atoms with Gasteiger partial charge in [-0.1, -0.05) is 49.6 Å². The third-order valence-electron chi connectivity index (χ3n) is 3.76. The molecule has 0 spiro atoms. The van der Waals surface area contributed by atoms with Crippen LogP contribution in [0.5, 0.6) is 0 Å². The number of nitriles is 2. The standard InChI is InChI=1S/C15H16N2/c16-11-15(12-17)10-6-2-5-9-14(15)13-7-3-1-4-8-13/h1,3-4,7-8,14H,2,5-6,9-10H2. The van der Waals surface area contributed by atoms with Crippen LogP contribution < -0.4 is 0 Å². The van der Waals surface area contributed by atoms with Crippen molar-refractivity contribution in [2.75, 3.05) is 0 Å². The Bertz CT molecular complexity index is 436. The van der Waals surface area contributed by atoms with E-state index in [0.717, 1.165) is 31.2 Å². The van der Waals surface area contributed by atoms with Crippen molar-refractivity contribution in [2.45, 2.75) is 38.0 Å². The number of rotatable bonds is 1. The van der Waals surface area contributed by atoms with Gasteiger partial charge in [-0.2, -0.15) is 10.5 Å². The molecule has 1 unspecified atom stereocenters. The Hall–Kier alpha value is -1.80. The molecule has 2 rings (SSSR count). The lowest BCUT2D eigenvalue weighted by atomic mass is 9.71. The van der Waals surface area contributed by atoms with E-state index in [2.05, 4.69) is 12.1 Å². The summed E-state index contributed by atoms with van der Waals surface area (Å²) in [6.07, 6.45) is 4.90. The predicted octanol–water partition coefficient (Wildman–Crippen LogP) is 3.77. The third kappa shape index (κ3) is 2.17. The van der Waals surface area contributed by atoms with Crippen LogP contribution in [0.15, 0.2) is 30.3 Å². The molecule has 0 heterocycles. The van der Waals surface area contributed by atoms with Gasteiger partial charge in [-0.05, 0) is 18.4 Å². The molecule has 0 N–H and O–H groups in total. The Morgan fingerprint density at radius 2 is 1.71 bits per heavy atom. The van der Waals surface area contributed by atoms with Crippen molar-refractivity contribution in [1.82, 2.24) is 0 Å². The molecule has 86 valence electrons. The molecule has 1 atom stereocenters. The Morgan fingerprint density at radius 3 is 2.35 bits per heavy atom. The van der Waals surface area contributed by atoms with Crippen LogP contribution in [0, 0.1) is 28.1 Å². The van der Waals surface area contributed by atoms with Gasteiger partial charge in [0, 0.05) is 5.92 Å². The van der Waals surface area contributed by atoms with Crippen molar-refractivity contribution in [2.24, 2.45) is 5.41 Å². The van der Waals surface area contributed by atoms with Crippen molar-refractivity contribution in [1.29, 1.82) is 10.5 Å². The molecule has 0 radical (unpaired) electrons. The minimum Gasteiger partial charge on any atom is -0.197 e. The molecule has 0 bridgehead atoms. The van der Waals surface area contributed by atoms with E-state index in [1.807, 2.05) is 30.3 Å². The summed E-state index contributed by atoms with van der Waals surface area (Å²) in [5.74, 6) is 0.0706. The highest BCUT2D eigenvalue weighted by atomic mass is 14.5. The second-order valence-corrected chi connectivity index (χ2v) is 4.76. The van der Waals surface area contributed by atoms with E-state index in [0.29, 0.717) is 6.42 Å². The molecule has 0 aromatic heterocycles. The van der Waals surface area contributed by atoms with Gasteiger partial charge in [-0.25, -0.2) is 0 Å². The van der Waals surface area contributed by atoms with Crippen molar-refractivity contribution < 1.29 is 0 Å². The maximum absolute atomic E-state index is 9.43. The molecule has 1 aliphatic rings. The van der Waals surface area contributed by atoms with E-state index < -0.39 is 5.41 Å². The molecule has 0 amide bonds. The Kier molecular flexibility index (Phi) is 3.45. The maximum Gasteiger partial charge on any atom is 0.150 e. The first-order chi connectivity index (χ1) is 8.32. The lowest BCUT2D eigenvalue weighted by Gasteiger charge is -2.27. The van der Waals surface area contributed by atoms with E-state index in [9.17, 15) is 10.5 Å². The summed E-state index contributed by atoms with van der Waals surface area (Å²) in [5, 5.41) is 18.9. The first kappa shape index (κ1) is 11.7. The molecule has 0 saturated heterocycles. The van der Waals surface area contributed by atoms with Crippen LogP contribution in [0.3, 0.4) is 0 Å². The normalized spacial score (nSPS) is 23.1. The van der Waals surface area contributed by atoms with Gasteiger partial charge in [0.2, 0.25) is 0 Å². The average Bonchev–Trinajstić information content (AvgIpc) is 2.62. The number of nitrogens with zero attached hydrogens (tertiary/aromatic N) is 2. The summed E-state index contributed by atoms with van der Waals surface area (Å²) >= 11 is 0. The van der Waals surface area contributed by atoms with Crippen LogP contribution in [-0.4, -0.2) is 0 Å². The quantitative estimate of drug-likeness (QED) is 0.682. The van der Waals surface area contributed by atoms with E-state index in [4.69, 9.17) is 0 Å². The van der Waals surface area contributed by atoms with E-state index >= 15 is 0 Å². The predicted molar refractivity (Wildman–Crippen MR) is 65.9 cm³/mol. The molecule has 2 heteroatoms. The highest BCUT2D eigenvalue weighted by molar-refractivity contribution is 5.31. The van der Waals surface area contributed by atoms with Crippen molar-refractivity contribution >= 4 is 0 Å². The number of benzene rings is 1. The molecule has 1 fully saturated rings. The first-order valence-corrected chi connectivity index (χ1v) is 6.20. The van der Waals surface area contributed by atoms with Crippen LogP contribution in [0.4, 0.5) is 0 Å². The fourth-order valence-corrected chi connectivity index (χ4v) is 2.78. The molecule has 2 nitrogen and oxygen atoms in total. The highest BCUT2D eigenvalue weighted by Gasteiger charge is 2.41. The van der Waals surface area contributed by atoms with E-state index in [1.54, 1.807) is 0 Å². The molecular formula is C15H16N2. The van der Waals surface area contributed by atoms with Crippen LogP contribution in [0.1, 0.15) is 43.6 Å². The topological polar surface area (TPSA) is 47.6 Å². The van der Waals surface area contributed by atoms with Gasteiger partial charge in [0.1, 0.15) is 0 Å². The zero-order valence-corrected chi connectivity index (χ0v) is 9.89. The maximum atomic E-state index is 9.43. The van der Waals surface area contributed by atoms with Crippen LogP contribution >= 0.6 is 0 Å². The minimum absolute atomic E-state index is 0.0706. The monoisotopic (exact) mass is 224 g/mol. The fraction of sp³-hybridized carbons (Fsp3) is 0.467. The van der Waals surface area contributed by atoms with E-state index in [1.165, 1.54) is 0 Å². The summed E-state index contributed by atoms with van der Waals surface area (Å²) in [5.41, 5.74) is 0.315. The smallest absolute Gasteiger partial charge is 0.150 e. The lowest BCUT2D eigenvalue weighted by Crippen LogP contribution is -2.24. The van der Waals surface area contributed by atoms with Gasteiger partial charge in [0.25, 0.3) is 0 Å². The van der Waals surface area contributed by atoms with Crippen LogP contribution in [0.25, 0.3) is 0 Å². The van der Waals surface area contributed by atoms with Gasteiger partial charge in [0.15, 0.2) is 5.41 Å². The molecule has 0 aliphatic heterocycles. The number of hydrogen-bond donors (Lipinski definition) is 0. The van der Waals surface area contributed by atoms with Gasteiger partial charge >= 0.3 is 0 Å². The summed E-state index contributed by atoms with van der Waals surface area (Å²) in [6.45, 7) is 0. The van der Waals surface area contributed by atoms with Crippen LogP contribution in [-0.2, 0) is 0 Å². The fourth-order valence-electron chi connectivity index (χ4n) is 2.78. The molecule has 1 saturated carbocycles. The largest absolute Gasteiger partial charge is 0.197 e. The second kappa shape index (κ2) is 5.02. The molecule has 17 heavy (non-hydrogen) atoms. The first-order valence-electron chi connectivity index (χ1n) is 6.20. The zero-order chi connectivity index (χ0) is 12.1. The Morgan fingerprint density at radius 1 is 1.00 bits per heavy atom. The van der Waals surface area contributed by atoms with Crippen molar-refractivity contribution in [3.05, 3.63) is 35.9 Å². The van der Waals surface area contributed by atoms with Gasteiger partial charge < -0.3 is 0 Å². The number of hydrogen-bond acceptors (Lipinski definition) is 2. The zero-order valence-electron chi connectivity index (χ0n) is 9.89. The van der Waals surface area contributed by atoms with Crippen molar-refractivity contribution in [3.8, 4) is 12.1 Å². The minimum atomic E-state index is -0.822. The summed E-state index contributed by atoms with van der Waals surface area (Å²) < 4.78 is 0. The van der Waals surface area contributed by atoms with Crippen molar-refractivity contribution in [3.63, 3.8) is 0 Å². The second-order valence-electron chi connectivity index (χ2n) is 4.76. The third-order valence-corrected chi connectivity index (χ3v) is 3.76. The summed E-state index contributed by atoms with van der Waals surface area (Å²) in [4.78, 5) is 0. The average molecular weight is 224 g/mol. The molecular weight excluding hydrogens is 208 g/mol. The summed E-state index contributed by atoms with van der Waals surface area (Å²) in [7, 11) is 0. The van der Waals surface area contributed by atoms with E-state index in [-0.39, 0.29) is 5.92 Å². The lowest BCUT2D eigenvalue weighted by molar-refractivity contribution is 0.385. The SMILES string of the molecule is N#CC1(C#N)CCCCCC1c1ccccc1. The molecule has 1 aromatic rings. The van der Waals surface area contributed by atoms with Gasteiger partial charge in [0.05, 0.1) is 12.1 Å². The van der Waals surface area contributed by atoms with Crippen LogP contribution in [0.2, 0.25) is 0 Å². The van der Waals surface area contributed by atoms with Gasteiger partial charge in [-0.15, -0.1) is 0 Å². The Balaban J connectivity index is 2.41. The molecule has 1 aromatic carbocycles. The van der Waals surface area contributed by atoms with Gasteiger partial charge in [-0.3, -0.25) is 0 Å². The summed E-state index contributed by atoms with van der Waals surface area (Å²) in [6, 6.07) is 14.6. The Labute approximate surface area is 102 Å². The molecule has 1 aliphatic carbocycles.